The Morgan fingerprint density at radius 1 is 1.40 bits per heavy atom. The van der Waals surface area contributed by atoms with Gasteiger partial charge in [0.2, 0.25) is 0 Å². The van der Waals surface area contributed by atoms with E-state index in [9.17, 15) is 0 Å². The predicted molar refractivity (Wildman–Crippen MR) is 61.1 cm³/mol. The van der Waals surface area contributed by atoms with Crippen LogP contribution in [0.1, 0.15) is 12.8 Å². The molecular formula is C11H16N2OS. The number of thioether (sulfide) groups is 1. The van der Waals surface area contributed by atoms with Gasteiger partial charge in [-0.15, -0.1) is 0 Å². The van der Waals surface area contributed by atoms with Crippen molar-refractivity contribution in [3.05, 3.63) is 0 Å². The summed E-state index contributed by atoms with van der Waals surface area (Å²) in [7, 11) is 0. The summed E-state index contributed by atoms with van der Waals surface area (Å²) >= 11 is 1.92. The number of aliphatic imine (C=N–C) groups is 1. The van der Waals surface area contributed by atoms with Gasteiger partial charge in [0.25, 0.3) is 0 Å². The number of rotatable bonds is 2. The van der Waals surface area contributed by atoms with Crippen molar-refractivity contribution in [3.8, 4) is 0 Å². The van der Waals surface area contributed by atoms with Crippen molar-refractivity contribution in [2.45, 2.75) is 25.0 Å². The molecule has 0 aromatic carbocycles. The number of fused-ring (bicyclic) bond motifs is 5. The zero-order valence-electron chi connectivity index (χ0n) is 8.69. The molecule has 0 spiro atoms. The molecule has 0 unspecified atom stereocenters. The van der Waals surface area contributed by atoms with E-state index in [2.05, 4.69) is 10.3 Å². The number of nitrogens with one attached hydrogen (secondary N) is 1. The molecule has 2 aliphatic heterocycles. The lowest BCUT2D eigenvalue weighted by Gasteiger charge is -2.18. The molecule has 0 radical (unpaired) electrons. The van der Waals surface area contributed by atoms with Gasteiger partial charge in [-0.2, -0.15) is 0 Å². The van der Waals surface area contributed by atoms with Crippen LogP contribution < -0.4 is 5.32 Å². The van der Waals surface area contributed by atoms with Crippen molar-refractivity contribution in [1.29, 1.82) is 0 Å². The molecule has 1 saturated heterocycles. The zero-order valence-corrected chi connectivity index (χ0v) is 9.50. The Bertz CT molecular complexity index is 320. The molecule has 0 aromatic rings. The van der Waals surface area contributed by atoms with E-state index >= 15 is 0 Å². The molecule has 1 N–H and O–H groups in total. The monoisotopic (exact) mass is 224 g/mol. The standard InChI is InChI=1S/C11H16N2OS/c1-2-13-11(12-1)15-5-7-3-6-4-8(7)10-9(6)14-10/h6-10H,1-5H2,(H,12,13)/t6-,7+,8+,9-,10-/m1/s1. The van der Waals surface area contributed by atoms with Crippen LogP contribution in [-0.2, 0) is 4.74 Å². The van der Waals surface area contributed by atoms with Crippen molar-refractivity contribution in [3.63, 3.8) is 0 Å². The average Bonchev–Trinajstić information content (AvgIpc) is 2.67. The topological polar surface area (TPSA) is 36.9 Å². The SMILES string of the molecule is C1CNC(SC[C@@H]2C[C@@H]3C[C@@H]2[C@H]2O[C@H]32)=N1. The molecule has 2 bridgehead atoms. The van der Waals surface area contributed by atoms with Gasteiger partial charge in [0.05, 0.1) is 18.8 Å². The van der Waals surface area contributed by atoms with E-state index in [1.165, 1.54) is 23.8 Å². The first-order valence-electron chi connectivity index (χ1n) is 5.98. The van der Waals surface area contributed by atoms with Gasteiger partial charge in [0, 0.05) is 12.3 Å². The Morgan fingerprint density at radius 2 is 2.40 bits per heavy atom. The van der Waals surface area contributed by atoms with Crippen LogP contribution >= 0.6 is 11.8 Å². The van der Waals surface area contributed by atoms with Crippen LogP contribution in [0.3, 0.4) is 0 Å². The van der Waals surface area contributed by atoms with Gasteiger partial charge in [0.1, 0.15) is 0 Å². The fourth-order valence-corrected chi connectivity index (χ4v) is 4.72. The Morgan fingerprint density at radius 3 is 3.13 bits per heavy atom. The lowest BCUT2D eigenvalue weighted by molar-refractivity contribution is 0.255. The van der Waals surface area contributed by atoms with Gasteiger partial charge in [-0.05, 0) is 30.6 Å². The van der Waals surface area contributed by atoms with Crippen LogP contribution in [0.15, 0.2) is 4.99 Å². The third-order valence-corrected chi connectivity index (χ3v) is 5.45. The molecule has 5 atom stereocenters. The number of hydrogen-bond acceptors (Lipinski definition) is 4. The largest absolute Gasteiger partial charge is 0.369 e. The second-order valence-electron chi connectivity index (χ2n) is 5.15. The minimum atomic E-state index is 0.660. The highest BCUT2D eigenvalue weighted by Gasteiger charge is 2.62. The highest BCUT2D eigenvalue weighted by molar-refractivity contribution is 8.13. The maximum absolute atomic E-state index is 5.69. The van der Waals surface area contributed by atoms with Crippen molar-refractivity contribution in [2.24, 2.45) is 22.7 Å². The fraction of sp³-hybridized carbons (Fsp3) is 0.909. The maximum Gasteiger partial charge on any atom is 0.156 e. The Hall–Kier alpha value is -0.220. The van der Waals surface area contributed by atoms with E-state index in [0.29, 0.717) is 12.2 Å². The molecule has 3 nitrogen and oxygen atoms in total. The average molecular weight is 224 g/mol. The van der Waals surface area contributed by atoms with Gasteiger partial charge < -0.3 is 10.1 Å². The van der Waals surface area contributed by atoms with Crippen molar-refractivity contribution in [1.82, 2.24) is 5.32 Å². The summed E-state index contributed by atoms with van der Waals surface area (Å²) in [6.07, 6.45) is 4.19. The first-order valence-corrected chi connectivity index (χ1v) is 6.97. The molecule has 15 heavy (non-hydrogen) atoms. The fourth-order valence-electron chi connectivity index (χ4n) is 3.58. The van der Waals surface area contributed by atoms with Crippen LogP contribution in [0.2, 0.25) is 0 Å². The molecule has 2 saturated carbocycles. The van der Waals surface area contributed by atoms with Gasteiger partial charge in [0.15, 0.2) is 5.17 Å². The Labute approximate surface area is 94.0 Å². The molecule has 0 amide bonds. The molecule has 4 aliphatic rings. The summed E-state index contributed by atoms with van der Waals surface area (Å²) in [5, 5.41) is 4.50. The van der Waals surface area contributed by atoms with Crippen LogP contribution in [0.25, 0.3) is 0 Å². The van der Waals surface area contributed by atoms with Crippen molar-refractivity contribution >= 4 is 16.9 Å². The zero-order chi connectivity index (χ0) is 9.83. The smallest absolute Gasteiger partial charge is 0.156 e. The number of amidine groups is 1. The normalized spacial score (nSPS) is 50.1. The van der Waals surface area contributed by atoms with Gasteiger partial charge in [-0.25, -0.2) is 0 Å². The van der Waals surface area contributed by atoms with E-state index in [1.807, 2.05) is 11.8 Å². The molecule has 3 fully saturated rings. The van der Waals surface area contributed by atoms with Gasteiger partial charge in [-0.3, -0.25) is 4.99 Å². The highest BCUT2D eigenvalue weighted by atomic mass is 32.2. The molecule has 2 aliphatic carbocycles. The Balaban J connectivity index is 1.35. The summed E-state index contributed by atoms with van der Waals surface area (Å²) < 4.78 is 5.69. The lowest BCUT2D eigenvalue weighted by atomic mass is 9.90. The van der Waals surface area contributed by atoms with Crippen LogP contribution in [0, 0.1) is 17.8 Å². The van der Waals surface area contributed by atoms with Crippen molar-refractivity contribution in [2.75, 3.05) is 18.8 Å². The quantitative estimate of drug-likeness (QED) is 0.714. The van der Waals surface area contributed by atoms with E-state index < -0.39 is 0 Å². The minimum absolute atomic E-state index is 0.660. The molecule has 82 valence electrons. The predicted octanol–water partition coefficient (Wildman–Crippen LogP) is 1.10. The minimum Gasteiger partial charge on any atom is -0.369 e. The summed E-state index contributed by atoms with van der Waals surface area (Å²) in [6, 6.07) is 0. The van der Waals surface area contributed by atoms with E-state index in [-0.39, 0.29) is 0 Å². The van der Waals surface area contributed by atoms with Gasteiger partial charge >= 0.3 is 0 Å². The number of ether oxygens (including phenoxy) is 1. The van der Waals surface area contributed by atoms with E-state index in [0.717, 1.165) is 30.8 Å². The maximum atomic E-state index is 5.69. The number of nitrogens with zero attached hydrogens (tertiary/aromatic N) is 1. The molecular weight excluding hydrogens is 208 g/mol. The summed E-state index contributed by atoms with van der Waals surface area (Å²) in [5.74, 6) is 3.94. The van der Waals surface area contributed by atoms with Crippen LogP contribution in [0.4, 0.5) is 0 Å². The van der Waals surface area contributed by atoms with Gasteiger partial charge in [-0.1, -0.05) is 11.8 Å². The molecule has 2 heterocycles. The molecule has 4 heteroatoms. The first kappa shape index (κ1) is 8.88. The lowest BCUT2D eigenvalue weighted by Crippen LogP contribution is -2.22. The van der Waals surface area contributed by atoms with Crippen LogP contribution in [-0.4, -0.2) is 36.2 Å². The van der Waals surface area contributed by atoms with E-state index in [1.54, 1.807) is 0 Å². The summed E-state index contributed by atoms with van der Waals surface area (Å²) in [4.78, 5) is 4.43. The number of epoxide rings is 1. The molecule has 4 rings (SSSR count). The number of hydrogen-bond donors (Lipinski definition) is 1. The van der Waals surface area contributed by atoms with E-state index in [4.69, 9.17) is 4.74 Å². The molecule has 0 aromatic heterocycles. The summed E-state index contributed by atoms with van der Waals surface area (Å²) in [6.45, 7) is 2.00. The Kier molecular flexibility index (Phi) is 1.86. The summed E-state index contributed by atoms with van der Waals surface area (Å²) in [5.41, 5.74) is 0. The first-order chi connectivity index (χ1) is 7.42. The second kappa shape index (κ2) is 3.14. The third-order valence-electron chi connectivity index (χ3n) is 4.31. The van der Waals surface area contributed by atoms with Crippen molar-refractivity contribution < 1.29 is 4.74 Å². The third kappa shape index (κ3) is 1.34. The highest BCUT2D eigenvalue weighted by Crippen LogP contribution is 2.59. The van der Waals surface area contributed by atoms with Crippen LogP contribution in [0.5, 0.6) is 0 Å². The second-order valence-corrected chi connectivity index (χ2v) is 6.15.